The molecule has 6 nitrogen and oxygen atoms in total. The molecule has 1 aromatic carbocycles. The number of nitrogens with one attached hydrogen (secondary N) is 2. The third-order valence-corrected chi connectivity index (χ3v) is 2.96. The van der Waals surface area contributed by atoms with Crippen LogP contribution in [-0.2, 0) is 0 Å². The van der Waals surface area contributed by atoms with Crippen molar-refractivity contribution in [2.24, 2.45) is 0 Å². The quantitative estimate of drug-likeness (QED) is 0.798. The zero-order valence-electron chi connectivity index (χ0n) is 12.4. The lowest BCUT2D eigenvalue weighted by Gasteiger charge is -2.14. The van der Waals surface area contributed by atoms with E-state index in [4.69, 9.17) is 9.47 Å². The molecule has 0 fully saturated rings. The number of pyridine rings is 1. The number of amides is 1. The monoisotopic (exact) mass is 299 g/mol. The molecule has 0 spiro atoms. The average Bonchev–Trinajstić information content (AvgIpc) is 2.59. The number of rotatable bonds is 6. The molecule has 0 aliphatic carbocycles. The van der Waals surface area contributed by atoms with Crippen molar-refractivity contribution in [3.05, 3.63) is 60.4 Å². The third-order valence-electron chi connectivity index (χ3n) is 2.96. The Hall–Kier alpha value is -3.02. The van der Waals surface area contributed by atoms with Gasteiger partial charge in [-0.15, -0.1) is 0 Å². The van der Waals surface area contributed by atoms with Gasteiger partial charge < -0.3 is 9.47 Å². The first-order chi connectivity index (χ1) is 10.7. The lowest BCUT2D eigenvalue weighted by atomic mass is 10.1. The molecule has 6 heteroatoms. The van der Waals surface area contributed by atoms with Crippen LogP contribution < -0.4 is 20.3 Å². The first-order valence-electron chi connectivity index (χ1n) is 6.54. The van der Waals surface area contributed by atoms with E-state index in [0.29, 0.717) is 28.5 Å². The fraction of sp³-hybridized carbons (Fsp3) is 0.125. The number of nitrogens with zero attached hydrogens (tertiary/aromatic N) is 1. The Balaban J connectivity index is 2.05. The van der Waals surface area contributed by atoms with E-state index in [-0.39, 0.29) is 5.91 Å². The summed E-state index contributed by atoms with van der Waals surface area (Å²) in [6, 6.07) is 10.4. The van der Waals surface area contributed by atoms with Crippen molar-refractivity contribution in [1.29, 1.82) is 0 Å². The van der Waals surface area contributed by atoms with Crippen molar-refractivity contribution in [3.63, 3.8) is 0 Å². The minimum Gasteiger partial charge on any atom is -0.497 e. The number of hydrazine groups is 1. The minimum atomic E-state index is -0.353. The van der Waals surface area contributed by atoms with Gasteiger partial charge in [0.1, 0.15) is 17.2 Å². The number of aromatic nitrogens is 1. The number of ether oxygens (including phenoxy) is 2. The van der Waals surface area contributed by atoms with Crippen molar-refractivity contribution in [2.75, 3.05) is 14.2 Å². The molecule has 2 rings (SSSR count). The summed E-state index contributed by atoms with van der Waals surface area (Å²) in [4.78, 5) is 15.9. The molecule has 0 aliphatic rings. The summed E-state index contributed by atoms with van der Waals surface area (Å²) in [5.41, 5.74) is 6.81. The molecule has 0 aliphatic heterocycles. The molecule has 2 aromatic rings. The standard InChI is InChI=1S/C16H17N3O3/c1-11(13-8-7-12(21-2)10-15(13)22-3)18-19-16(20)14-6-4-5-9-17-14/h4-10,18H,1H2,2-3H3,(H,19,20). The molecule has 114 valence electrons. The van der Waals surface area contributed by atoms with Gasteiger partial charge in [0, 0.05) is 17.8 Å². The van der Waals surface area contributed by atoms with Crippen molar-refractivity contribution >= 4 is 11.6 Å². The van der Waals surface area contributed by atoms with Crippen molar-refractivity contribution < 1.29 is 14.3 Å². The van der Waals surface area contributed by atoms with Crippen LogP contribution >= 0.6 is 0 Å². The molecule has 0 radical (unpaired) electrons. The third kappa shape index (κ3) is 3.54. The van der Waals surface area contributed by atoms with Crippen LogP contribution in [0.5, 0.6) is 11.5 Å². The highest BCUT2D eigenvalue weighted by molar-refractivity contribution is 5.92. The summed E-state index contributed by atoms with van der Waals surface area (Å²) in [5.74, 6) is 0.907. The van der Waals surface area contributed by atoms with Gasteiger partial charge in [-0.2, -0.15) is 0 Å². The molecular formula is C16H17N3O3. The van der Waals surface area contributed by atoms with E-state index in [0.717, 1.165) is 0 Å². The molecule has 0 bridgehead atoms. The highest BCUT2D eigenvalue weighted by atomic mass is 16.5. The first kappa shape index (κ1) is 15.4. The van der Waals surface area contributed by atoms with E-state index in [1.165, 1.54) is 0 Å². The lowest BCUT2D eigenvalue weighted by Crippen LogP contribution is -2.36. The zero-order chi connectivity index (χ0) is 15.9. The van der Waals surface area contributed by atoms with Gasteiger partial charge in [0.25, 0.3) is 5.91 Å². The number of hydrogen-bond donors (Lipinski definition) is 2. The van der Waals surface area contributed by atoms with Gasteiger partial charge >= 0.3 is 0 Å². The molecule has 1 heterocycles. The Morgan fingerprint density at radius 1 is 1.14 bits per heavy atom. The zero-order valence-corrected chi connectivity index (χ0v) is 12.4. The van der Waals surface area contributed by atoms with Crippen LogP contribution in [-0.4, -0.2) is 25.1 Å². The summed E-state index contributed by atoms with van der Waals surface area (Å²) in [6.07, 6.45) is 1.55. The van der Waals surface area contributed by atoms with Crippen LogP contribution in [0, 0.1) is 0 Å². The van der Waals surface area contributed by atoms with Crippen LogP contribution in [0.3, 0.4) is 0 Å². The molecule has 2 N–H and O–H groups in total. The van der Waals surface area contributed by atoms with Gasteiger partial charge in [-0.1, -0.05) is 12.6 Å². The normalized spacial score (nSPS) is 9.73. The molecule has 1 amide bonds. The van der Waals surface area contributed by atoms with Gasteiger partial charge in [-0.05, 0) is 24.3 Å². The first-order valence-corrected chi connectivity index (χ1v) is 6.54. The van der Waals surface area contributed by atoms with Crippen LogP contribution in [0.1, 0.15) is 16.1 Å². The number of benzene rings is 1. The van der Waals surface area contributed by atoms with E-state index >= 15 is 0 Å². The van der Waals surface area contributed by atoms with Crippen molar-refractivity contribution in [3.8, 4) is 11.5 Å². The van der Waals surface area contributed by atoms with Crippen LogP contribution in [0.15, 0.2) is 49.2 Å². The van der Waals surface area contributed by atoms with Crippen molar-refractivity contribution in [2.45, 2.75) is 0 Å². The Bertz CT molecular complexity index is 672. The number of carbonyl (C=O) groups excluding carboxylic acids is 1. The summed E-state index contributed by atoms with van der Waals surface area (Å²) < 4.78 is 10.4. The molecule has 0 saturated carbocycles. The molecule has 1 aromatic heterocycles. The van der Waals surface area contributed by atoms with E-state index in [1.807, 2.05) is 0 Å². The number of hydrogen-bond acceptors (Lipinski definition) is 5. The number of carbonyl (C=O) groups is 1. The van der Waals surface area contributed by atoms with Crippen molar-refractivity contribution in [1.82, 2.24) is 15.8 Å². The summed E-state index contributed by atoms with van der Waals surface area (Å²) in [7, 11) is 3.13. The summed E-state index contributed by atoms with van der Waals surface area (Å²) in [6.45, 7) is 3.89. The maximum Gasteiger partial charge on any atom is 0.288 e. The Kier molecular flexibility index (Phi) is 4.98. The summed E-state index contributed by atoms with van der Waals surface area (Å²) >= 11 is 0. The van der Waals surface area contributed by atoms with Gasteiger partial charge in [0.15, 0.2) is 0 Å². The topological polar surface area (TPSA) is 72.5 Å². The molecule has 0 unspecified atom stereocenters. The molecule has 0 atom stereocenters. The second-order valence-corrected chi connectivity index (χ2v) is 4.34. The fourth-order valence-electron chi connectivity index (χ4n) is 1.81. The van der Waals surface area contributed by atoms with Gasteiger partial charge in [0.05, 0.1) is 19.9 Å². The largest absolute Gasteiger partial charge is 0.497 e. The predicted molar refractivity (Wildman–Crippen MR) is 83.4 cm³/mol. The maximum atomic E-state index is 11.9. The molecule has 22 heavy (non-hydrogen) atoms. The fourth-order valence-corrected chi connectivity index (χ4v) is 1.81. The minimum absolute atomic E-state index is 0.310. The van der Waals surface area contributed by atoms with E-state index in [1.54, 1.807) is 56.8 Å². The second-order valence-electron chi connectivity index (χ2n) is 4.34. The van der Waals surface area contributed by atoms with Crippen LogP contribution in [0.25, 0.3) is 5.70 Å². The van der Waals surface area contributed by atoms with Gasteiger partial charge in [0.2, 0.25) is 0 Å². The van der Waals surface area contributed by atoms with Crippen LogP contribution in [0.4, 0.5) is 0 Å². The smallest absolute Gasteiger partial charge is 0.288 e. The Morgan fingerprint density at radius 3 is 2.59 bits per heavy atom. The van der Waals surface area contributed by atoms with Gasteiger partial charge in [-0.3, -0.25) is 20.6 Å². The Labute approximate surface area is 128 Å². The molecular weight excluding hydrogens is 282 g/mol. The SMILES string of the molecule is C=C(NNC(=O)c1ccccn1)c1ccc(OC)cc1OC. The highest BCUT2D eigenvalue weighted by Crippen LogP contribution is 2.27. The number of methoxy groups -OCH3 is 2. The van der Waals surface area contributed by atoms with E-state index in [9.17, 15) is 4.79 Å². The Morgan fingerprint density at radius 2 is 1.95 bits per heavy atom. The predicted octanol–water partition coefficient (Wildman–Crippen LogP) is 2.00. The maximum absolute atomic E-state index is 11.9. The molecule has 0 saturated heterocycles. The lowest BCUT2D eigenvalue weighted by molar-refractivity contribution is 0.0937. The highest BCUT2D eigenvalue weighted by Gasteiger charge is 2.10. The van der Waals surface area contributed by atoms with E-state index < -0.39 is 0 Å². The average molecular weight is 299 g/mol. The van der Waals surface area contributed by atoms with Crippen LogP contribution in [0.2, 0.25) is 0 Å². The second kappa shape index (κ2) is 7.12. The van der Waals surface area contributed by atoms with E-state index in [2.05, 4.69) is 22.4 Å². The van der Waals surface area contributed by atoms with Gasteiger partial charge in [-0.25, -0.2) is 0 Å². The summed E-state index contributed by atoms with van der Waals surface area (Å²) in [5, 5.41) is 0.